The van der Waals surface area contributed by atoms with E-state index in [-0.39, 0.29) is 17.5 Å². The summed E-state index contributed by atoms with van der Waals surface area (Å²) >= 11 is 1.99. The average molecular weight is 1330 g/mol. The topological polar surface area (TPSA) is 8.17 Å². The van der Waals surface area contributed by atoms with Gasteiger partial charge in [-0.25, -0.2) is 0 Å². The smallest absolute Gasteiger partial charge is 0.249 e. The first kappa shape index (κ1) is 61.2. The predicted octanol–water partition coefficient (Wildman–Crippen LogP) is 24.5. The maximum absolute atomic E-state index is 2.70. The monoisotopic (exact) mass is 1330 g/mol. The highest BCUT2D eigenvalue weighted by Crippen LogP contribution is 2.65. The Kier molecular flexibility index (Phi) is 13.8. The Bertz CT molecular complexity index is 5920. The second kappa shape index (κ2) is 23.2. The molecule has 0 saturated carbocycles. The Morgan fingerprint density at radius 3 is 1.28 bits per heavy atom. The fourth-order valence-electron chi connectivity index (χ4n) is 17.9. The van der Waals surface area contributed by atoms with Crippen LogP contribution in [-0.4, -0.2) is 11.3 Å². The third-order valence-corrected chi connectivity index (χ3v) is 24.0. The molecule has 0 atom stereocenters. The zero-order valence-corrected chi connectivity index (χ0v) is 59.5. The third-order valence-electron chi connectivity index (χ3n) is 22.7. The molecule has 4 heteroatoms. The lowest BCUT2D eigenvalue weighted by Crippen LogP contribution is -2.60. The lowest BCUT2D eigenvalue weighted by molar-refractivity contribution is 0.590. The number of anilines is 3. The Morgan fingerprint density at radius 2 is 0.757 bits per heavy atom. The van der Waals surface area contributed by atoms with E-state index in [1.54, 1.807) is 0 Å². The first-order valence-electron chi connectivity index (χ1n) is 36.3. The minimum atomic E-state index is -0.584. The highest BCUT2D eigenvalue weighted by Gasteiger charge is 2.54. The second-order valence-corrected chi connectivity index (χ2v) is 31.7. The van der Waals surface area contributed by atoms with Gasteiger partial charge in [-0.3, -0.25) is 0 Å². The summed E-state index contributed by atoms with van der Waals surface area (Å²) < 4.78 is 2.56. The molecule has 0 radical (unpaired) electrons. The molecular weight excluding hydrogens is 1260 g/mol. The van der Waals surface area contributed by atoms with Gasteiger partial charge in [-0.1, -0.05) is 320 Å². The summed E-state index contributed by atoms with van der Waals surface area (Å²) in [6, 6.07) is 127. The maximum Gasteiger partial charge on any atom is 0.249 e. The van der Waals surface area contributed by atoms with Crippen molar-refractivity contribution in [1.82, 2.24) is 4.57 Å². The Balaban J connectivity index is 0.896. The number of para-hydroxylation sites is 1. The summed E-state index contributed by atoms with van der Waals surface area (Å²) in [5.41, 5.74) is 37.6. The third kappa shape index (κ3) is 9.43. The van der Waals surface area contributed by atoms with Crippen LogP contribution >= 0.6 is 11.8 Å². The summed E-state index contributed by atoms with van der Waals surface area (Å²) in [7, 11) is 0. The van der Waals surface area contributed by atoms with Gasteiger partial charge in [-0.15, -0.1) is 0 Å². The molecular formula is C99H73BN2S. The second-order valence-electron chi connectivity index (χ2n) is 30.7. The van der Waals surface area contributed by atoms with E-state index in [1.807, 2.05) is 11.8 Å². The number of benzene rings is 15. The Hall–Kier alpha value is -11.7. The number of hydrogen-bond donors (Lipinski definition) is 0. The normalized spacial score (nSPS) is 13.5. The largest absolute Gasteiger partial charge is 0.310 e. The molecule has 0 saturated heterocycles. The highest BCUT2D eigenvalue weighted by molar-refractivity contribution is 8.00. The summed E-state index contributed by atoms with van der Waals surface area (Å²) in [6.07, 6.45) is 0. The van der Waals surface area contributed by atoms with Gasteiger partial charge in [0.15, 0.2) is 0 Å². The van der Waals surface area contributed by atoms with Crippen molar-refractivity contribution in [1.29, 1.82) is 0 Å². The van der Waals surface area contributed by atoms with Gasteiger partial charge in [0.2, 0.25) is 6.71 Å². The molecule has 2 nitrogen and oxygen atoms in total. The molecule has 2 aliphatic heterocycles. The zero-order chi connectivity index (χ0) is 69.0. The molecule has 3 heterocycles. The summed E-state index contributed by atoms with van der Waals surface area (Å²) in [5, 5.41) is 2.54. The number of nitrogens with zero attached hydrogens (tertiary/aromatic N) is 2. The van der Waals surface area contributed by atoms with E-state index in [4.69, 9.17) is 0 Å². The van der Waals surface area contributed by atoms with Crippen LogP contribution in [0.15, 0.2) is 343 Å². The highest BCUT2D eigenvalue weighted by atomic mass is 32.2. The van der Waals surface area contributed by atoms with Crippen molar-refractivity contribution in [3.63, 3.8) is 0 Å². The van der Waals surface area contributed by atoms with Crippen LogP contribution in [0, 0.1) is 0 Å². The van der Waals surface area contributed by atoms with E-state index in [1.165, 1.54) is 165 Å². The molecule has 488 valence electrons. The summed E-state index contributed by atoms with van der Waals surface area (Å²) in [6.45, 7) is 13.8. The molecule has 103 heavy (non-hydrogen) atoms. The van der Waals surface area contributed by atoms with Crippen LogP contribution in [0.1, 0.15) is 74.9 Å². The fourth-order valence-corrected chi connectivity index (χ4v) is 19.2. The average Bonchev–Trinajstić information content (AvgIpc) is 1.53. The van der Waals surface area contributed by atoms with Gasteiger partial charge in [0.25, 0.3) is 0 Å². The molecule has 1 aromatic heterocycles. The van der Waals surface area contributed by atoms with Crippen LogP contribution in [0.5, 0.6) is 0 Å². The van der Waals surface area contributed by atoms with E-state index < -0.39 is 5.41 Å². The van der Waals surface area contributed by atoms with E-state index in [9.17, 15) is 0 Å². The van der Waals surface area contributed by atoms with Crippen molar-refractivity contribution in [3.05, 3.63) is 367 Å². The van der Waals surface area contributed by atoms with Gasteiger partial charge in [-0.05, 0) is 200 Å². The lowest BCUT2D eigenvalue weighted by atomic mass is 9.34. The quantitative estimate of drug-likeness (QED) is 0.140. The summed E-state index contributed by atoms with van der Waals surface area (Å²) in [5.74, 6) is 0. The molecule has 0 amide bonds. The minimum absolute atomic E-state index is 0.0448. The van der Waals surface area contributed by atoms with Gasteiger partial charge < -0.3 is 9.47 Å². The number of hydrogen-bond acceptors (Lipinski definition) is 2. The Morgan fingerprint density at radius 1 is 0.311 bits per heavy atom. The maximum atomic E-state index is 2.70. The van der Waals surface area contributed by atoms with Crippen molar-refractivity contribution in [2.24, 2.45) is 0 Å². The van der Waals surface area contributed by atoms with Crippen LogP contribution in [0.25, 0.3) is 117 Å². The van der Waals surface area contributed by atoms with Gasteiger partial charge in [0.1, 0.15) is 0 Å². The molecule has 0 fully saturated rings. The van der Waals surface area contributed by atoms with E-state index in [2.05, 4.69) is 385 Å². The number of aromatic nitrogens is 1. The van der Waals surface area contributed by atoms with Crippen LogP contribution in [0.4, 0.5) is 17.1 Å². The van der Waals surface area contributed by atoms with Crippen molar-refractivity contribution < 1.29 is 0 Å². The van der Waals surface area contributed by atoms with Crippen LogP contribution in [-0.2, 0) is 16.2 Å². The molecule has 15 aromatic carbocycles. The van der Waals surface area contributed by atoms with Crippen LogP contribution in [0.3, 0.4) is 0 Å². The fraction of sp³-hybridized carbons (Fsp3) is 0.0909. The van der Waals surface area contributed by atoms with Gasteiger partial charge >= 0.3 is 0 Å². The van der Waals surface area contributed by atoms with E-state index >= 15 is 0 Å². The lowest BCUT2D eigenvalue weighted by Gasteiger charge is -2.42. The van der Waals surface area contributed by atoms with Crippen LogP contribution in [0.2, 0.25) is 0 Å². The molecule has 4 aliphatic rings. The SMILES string of the molecule is CC(C)(C)c1ccc2c(c1)c1cc(C(C)(C)C)ccc1n2-c1ccc2c(c1)N(c1c(-c3ccccc3)cccc1-c1ccccc1)c1cc(-c3ccccc3)cc3c1B2c1ccc2c(c1S3)-c1cc(-c3cc(-c4ccccc4)cc(-c4ccccc4)c3)ccc1C21c2ccccc2-c2ccccc21. The van der Waals surface area contributed by atoms with Crippen molar-refractivity contribution in [2.75, 3.05) is 4.90 Å². The Labute approximate surface area is 608 Å². The van der Waals surface area contributed by atoms with Crippen molar-refractivity contribution in [3.8, 4) is 94.7 Å². The van der Waals surface area contributed by atoms with Gasteiger partial charge in [0, 0.05) is 54.3 Å². The number of rotatable bonds is 8. The molecule has 0 unspecified atom stereocenters. The molecule has 20 rings (SSSR count). The minimum Gasteiger partial charge on any atom is -0.310 e. The van der Waals surface area contributed by atoms with Crippen LogP contribution < -0.4 is 21.3 Å². The molecule has 1 spiro atoms. The molecule has 2 aliphatic carbocycles. The van der Waals surface area contributed by atoms with Gasteiger partial charge in [-0.2, -0.15) is 0 Å². The van der Waals surface area contributed by atoms with Crippen molar-refractivity contribution >= 4 is 73.7 Å². The standard InChI is InChI=1S/C99H73BN2S/c1-97(2,3)72-44-51-88-79(59-72)80-60-73(98(4,5)6)45-52-89(80)101(88)74-46-49-86-90(61-74)102(95-75(65-33-18-10-19-34-65)39-26-40-76(95)66-35-20-11-21-36-66)91-57-71(64-31-16-9-17-32-64)58-92-94(91)100(86)87-50-48-85-93(96(87)103-92)81-56-67(43-47-84(81)99(85)82-41-24-22-37-77(82)78-38-23-25-42-83(78)99)70-54-68(62-27-12-7-13-28-62)53-69(55-70)63-29-14-8-15-30-63/h7-61H,1-6H3. The first-order valence-corrected chi connectivity index (χ1v) is 37.1. The first-order chi connectivity index (χ1) is 50.3. The zero-order valence-electron chi connectivity index (χ0n) is 58.6. The molecule has 0 bridgehead atoms. The molecule has 16 aromatic rings. The number of fused-ring (bicyclic) bond motifs is 18. The van der Waals surface area contributed by atoms with E-state index in [0.29, 0.717) is 0 Å². The molecule has 0 N–H and O–H groups in total. The predicted molar refractivity (Wildman–Crippen MR) is 437 cm³/mol. The summed E-state index contributed by atoms with van der Waals surface area (Å²) in [4.78, 5) is 5.28. The van der Waals surface area contributed by atoms with Gasteiger partial charge in [0.05, 0.1) is 22.1 Å². The van der Waals surface area contributed by atoms with Crippen molar-refractivity contribution in [2.45, 2.75) is 67.6 Å². The van der Waals surface area contributed by atoms with E-state index in [0.717, 1.165) is 28.2 Å².